The molecule has 24 heavy (non-hydrogen) atoms. The Labute approximate surface area is 146 Å². The lowest BCUT2D eigenvalue weighted by Gasteiger charge is -2.36. The highest BCUT2D eigenvalue weighted by molar-refractivity contribution is 6.30. The van der Waals surface area contributed by atoms with Crippen molar-refractivity contribution in [1.82, 2.24) is 4.98 Å². The molecule has 0 radical (unpaired) electrons. The maximum absolute atomic E-state index is 9.37. The SMILES string of the molecule is N#Cc1nc(C2CCC2)oc1N1CCN(c2cccc(Cl)c2)CC1. The van der Waals surface area contributed by atoms with Crippen molar-refractivity contribution in [3.8, 4) is 6.07 Å². The Morgan fingerprint density at radius 3 is 2.54 bits per heavy atom. The van der Waals surface area contributed by atoms with E-state index < -0.39 is 0 Å². The van der Waals surface area contributed by atoms with Crippen LogP contribution in [0.4, 0.5) is 11.6 Å². The quantitative estimate of drug-likeness (QED) is 0.849. The first-order valence-electron chi connectivity index (χ1n) is 8.41. The van der Waals surface area contributed by atoms with Crippen molar-refractivity contribution in [1.29, 1.82) is 5.26 Å². The zero-order valence-corrected chi connectivity index (χ0v) is 14.2. The van der Waals surface area contributed by atoms with E-state index in [2.05, 4.69) is 26.9 Å². The minimum Gasteiger partial charge on any atom is -0.423 e. The van der Waals surface area contributed by atoms with Gasteiger partial charge in [0.1, 0.15) is 6.07 Å². The fourth-order valence-corrected chi connectivity index (χ4v) is 3.47. The van der Waals surface area contributed by atoms with Crippen LogP contribution in [0.5, 0.6) is 0 Å². The fourth-order valence-electron chi connectivity index (χ4n) is 3.29. The standard InChI is InChI=1S/C18H19ClN4O/c19-14-5-2-6-15(11-14)22-7-9-23(10-8-22)18-16(12-20)21-17(24-18)13-3-1-4-13/h2,5-6,11,13H,1,3-4,7-10H2. The predicted molar refractivity (Wildman–Crippen MR) is 93.7 cm³/mol. The van der Waals surface area contributed by atoms with Crippen LogP contribution in [0, 0.1) is 11.3 Å². The van der Waals surface area contributed by atoms with Gasteiger partial charge in [0.25, 0.3) is 0 Å². The molecule has 1 saturated carbocycles. The summed E-state index contributed by atoms with van der Waals surface area (Å²) in [4.78, 5) is 8.85. The van der Waals surface area contributed by atoms with Gasteiger partial charge in [-0.2, -0.15) is 5.26 Å². The first-order valence-corrected chi connectivity index (χ1v) is 8.78. The molecule has 6 heteroatoms. The van der Waals surface area contributed by atoms with Crippen LogP contribution in [0.15, 0.2) is 28.7 Å². The number of hydrogen-bond acceptors (Lipinski definition) is 5. The van der Waals surface area contributed by atoms with Crippen molar-refractivity contribution in [3.63, 3.8) is 0 Å². The van der Waals surface area contributed by atoms with Crippen molar-refractivity contribution in [2.24, 2.45) is 0 Å². The van der Waals surface area contributed by atoms with Gasteiger partial charge in [0.05, 0.1) is 0 Å². The second-order valence-electron chi connectivity index (χ2n) is 6.40. The lowest BCUT2D eigenvalue weighted by molar-refractivity contribution is 0.334. The molecule has 0 spiro atoms. The number of nitrogens with zero attached hydrogens (tertiary/aromatic N) is 4. The second kappa shape index (κ2) is 6.37. The number of hydrogen-bond donors (Lipinski definition) is 0. The molecule has 2 heterocycles. The van der Waals surface area contributed by atoms with Crippen LogP contribution in [0.3, 0.4) is 0 Å². The van der Waals surface area contributed by atoms with Crippen LogP contribution in [0.1, 0.15) is 36.8 Å². The maximum atomic E-state index is 9.37. The Hall–Kier alpha value is -2.19. The Bertz CT molecular complexity index is 770. The van der Waals surface area contributed by atoms with Gasteiger partial charge in [-0.3, -0.25) is 0 Å². The molecule has 1 aliphatic carbocycles. The number of aromatic nitrogens is 1. The van der Waals surface area contributed by atoms with E-state index in [0.29, 0.717) is 17.5 Å². The molecule has 0 N–H and O–H groups in total. The lowest BCUT2D eigenvalue weighted by Crippen LogP contribution is -2.46. The van der Waals surface area contributed by atoms with Crippen LogP contribution in [0.25, 0.3) is 0 Å². The minimum atomic E-state index is 0.401. The number of nitriles is 1. The van der Waals surface area contributed by atoms with Crippen molar-refractivity contribution >= 4 is 23.2 Å². The third-order valence-electron chi connectivity index (χ3n) is 4.93. The van der Waals surface area contributed by atoms with E-state index in [1.165, 1.54) is 6.42 Å². The average molecular weight is 343 g/mol. The van der Waals surface area contributed by atoms with Gasteiger partial charge in [-0.15, -0.1) is 0 Å². The van der Waals surface area contributed by atoms with Crippen LogP contribution in [-0.4, -0.2) is 31.2 Å². The highest BCUT2D eigenvalue weighted by Gasteiger charge is 2.29. The Kier molecular flexibility index (Phi) is 4.07. The molecule has 2 fully saturated rings. The van der Waals surface area contributed by atoms with Gasteiger partial charge in [-0.05, 0) is 31.0 Å². The van der Waals surface area contributed by atoms with E-state index in [4.69, 9.17) is 16.0 Å². The monoisotopic (exact) mass is 342 g/mol. The normalized spacial score (nSPS) is 18.3. The van der Waals surface area contributed by atoms with Crippen LogP contribution < -0.4 is 9.80 Å². The zero-order chi connectivity index (χ0) is 16.5. The van der Waals surface area contributed by atoms with Crippen molar-refractivity contribution in [3.05, 3.63) is 40.9 Å². The molecular formula is C18H19ClN4O. The summed E-state index contributed by atoms with van der Waals surface area (Å²) < 4.78 is 5.96. The molecule has 0 amide bonds. The second-order valence-corrected chi connectivity index (χ2v) is 6.84. The number of oxazole rings is 1. The summed E-state index contributed by atoms with van der Waals surface area (Å²) in [7, 11) is 0. The third kappa shape index (κ3) is 2.83. The molecule has 0 bridgehead atoms. The molecule has 1 aromatic carbocycles. The van der Waals surface area contributed by atoms with Gasteiger partial charge in [0.2, 0.25) is 17.5 Å². The van der Waals surface area contributed by atoms with Gasteiger partial charge in [0.15, 0.2) is 0 Å². The summed E-state index contributed by atoms with van der Waals surface area (Å²) in [5, 5.41) is 10.1. The Morgan fingerprint density at radius 1 is 1.17 bits per heavy atom. The van der Waals surface area contributed by atoms with E-state index in [0.717, 1.165) is 55.6 Å². The molecule has 0 unspecified atom stereocenters. The number of piperazine rings is 1. The molecule has 4 rings (SSSR count). The summed E-state index contributed by atoms with van der Waals surface area (Å²) in [6.45, 7) is 3.34. The Balaban J connectivity index is 1.47. The van der Waals surface area contributed by atoms with Crippen LogP contribution in [0.2, 0.25) is 5.02 Å². The van der Waals surface area contributed by atoms with Crippen molar-refractivity contribution in [2.75, 3.05) is 36.0 Å². The molecule has 0 atom stereocenters. The van der Waals surface area contributed by atoms with Crippen LogP contribution in [-0.2, 0) is 0 Å². The summed E-state index contributed by atoms with van der Waals surface area (Å²) in [6, 6.07) is 10.1. The largest absolute Gasteiger partial charge is 0.423 e. The third-order valence-corrected chi connectivity index (χ3v) is 5.16. The molecule has 1 saturated heterocycles. The molecule has 5 nitrogen and oxygen atoms in total. The predicted octanol–water partition coefficient (Wildman–Crippen LogP) is 3.79. The van der Waals surface area contributed by atoms with Gasteiger partial charge in [-0.25, -0.2) is 4.98 Å². The number of anilines is 2. The van der Waals surface area contributed by atoms with Crippen LogP contribution >= 0.6 is 11.6 Å². The highest BCUT2D eigenvalue weighted by atomic mass is 35.5. The first kappa shape index (κ1) is 15.3. The Morgan fingerprint density at radius 2 is 1.92 bits per heavy atom. The maximum Gasteiger partial charge on any atom is 0.234 e. The van der Waals surface area contributed by atoms with Gasteiger partial charge >= 0.3 is 0 Å². The van der Waals surface area contributed by atoms with Gasteiger partial charge in [-0.1, -0.05) is 24.1 Å². The molecule has 2 aliphatic rings. The smallest absolute Gasteiger partial charge is 0.234 e. The van der Waals surface area contributed by atoms with E-state index in [-0.39, 0.29) is 0 Å². The van der Waals surface area contributed by atoms with Gasteiger partial charge in [0, 0.05) is 42.8 Å². The molecule has 1 aromatic heterocycles. The zero-order valence-electron chi connectivity index (χ0n) is 13.4. The van der Waals surface area contributed by atoms with E-state index in [1.54, 1.807) is 0 Å². The van der Waals surface area contributed by atoms with Crippen molar-refractivity contribution in [2.45, 2.75) is 25.2 Å². The lowest BCUT2D eigenvalue weighted by atomic mass is 9.85. The van der Waals surface area contributed by atoms with E-state index in [9.17, 15) is 5.26 Å². The number of rotatable bonds is 3. The fraction of sp³-hybridized carbons (Fsp3) is 0.444. The highest BCUT2D eigenvalue weighted by Crippen LogP contribution is 2.38. The van der Waals surface area contributed by atoms with Gasteiger partial charge < -0.3 is 14.2 Å². The number of benzene rings is 1. The molecule has 124 valence electrons. The first-order chi connectivity index (χ1) is 11.7. The molecule has 1 aliphatic heterocycles. The van der Waals surface area contributed by atoms with E-state index >= 15 is 0 Å². The molecule has 2 aromatic rings. The van der Waals surface area contributed by atoms with Crippen molar-refractivity contribution < 1.29 is 4.42 Å². The topological polar surface area (TPSA) is 56.3 Å². The average Bonchev–Trinajstić information content (AvgIpc) is 2.97. The summed E-state index contributed by atoms with van der Waals surface area (Å²) in [5.74, 6) is 1.79. The summed E-state index contributed by atoms with van der Waals surface area (Å²) >= 11 is 6.08. The van der Waals surface area contributed by atoms with E-state index in [1.807, 2.05) is 18.2 Å². The summed E-state index contributed by atoms with van der Waals surface area (Å²) in [6.07, 6.45) is 3.46. The number of halogens is 1. The minimum absolute atomic E-state index is 0.401. The summed E-state index contributed by atoms with van der Waals surface area (Å²) in [5.41, 5.74) is 1.56. The molecular weight excluding hydrogens is 324 g/mol.